The Morgan fingerprint density at radius 2 is 0.798 bits per heavy atom. The van der Waals surface area contributed by atoms with Gasteiger partial charge in [-0.1, -0.05) is 80.9 Å². The Morgan fingerprint density at radius 1 is 0.394 bits per heavy atom. The molecule has 94 heavy (non-hydrogen) atoms. The van der Waals surface area contributed by atoms with E-state index in [0.29, 0.717) is 73.8 Å². The Labute approximate surface area is 546 Å². The Hall–Kier alpha value is -8.47. The molecular weight excluding hydrogens is 1240 g/mol. The van der Waals surface area contributed by atoms with Crippen molar-refractivity contribution < 1.29 is 135 Å². The molecule has 1 saturated carbocycles. The summed E-state index contributed by atoms with van der Waals surface area (Å²) in [7, 11) is 0. The molecule has 1 fully saturated rings. The third-order valence-electron chi connectivity index (χ3n) is 12.2. The lowest BCUT2D eigenvalue weighted by Crippen LogP contribution is -2.29. The second-order valence-electron chi connectivity index (χ2n) is 18.6. The molecular formula is C66H84O28. The number of hydrogen-bond donors (Lipinski definition) is 0. The molecule has 516 valence electrons. The zero-order valence-electron chi connectivity index (χ0n) is 52.7. The van der Waals surface area contributed by atoms with Crippen molar-refractivity contribution in [3.8, 4) is 11.5 Å². The number of benzene rings is 2. The summed E-state index contributed by atoms with van der Waals surface area (Å²) in [6.45, 7) is 22.5. The van der Waals surface area contributed by atoms with Crippen LogP contribution in [0.1, 0.15) is 59.1 Å². The molecule has 2 aromatic carbocycles. The van der Waals surface area contributed by atoms with Gasteiger partial charge in [0.05, 0.1) is 79.3 Å². The molecule has 28 nitrogen and oxygen atoms in total. The van der Waals surface area contributed by atoms with E-state index in [-0.39, 0.29) is 138 Å². The first-order valence-electron chi connectivity index (χ1n) is 29.8. The number of rotatable bonds is 57. The second-order valence-corrected chi connectivity index (χ2v) is 18.6. The molecule has 0 spiro atoms. The summed E-state index contributed by atoms with van der Waals surface area (Å²) in [5, 5.41) is 9.07. The van der Waals surface area contributed by atoms with Gasteiger partial charge in [-0.25, -0.2) is 24.0 Å². The second kappa shape index (κ2) is 54.0. The maximum absolute atomic E-state index is 13.5. The maximum atomic E-state index is 13.5. The van der Waals surface area contributed by atoms with Gasteiger partial charge in [-0.05, 0) is 95.8 Å². The Morgan fingerprint density at radius 3 is 1.32 bits per heavy atom. The van der Waals surface area contributed by atoms with E-state index in [1.807, 2.05) is 18.2 Å². The fourth-order valence-corrected chi connectivity index (χ4v) is 8.07. The lowest BCUT2D eigenvalue weighted by molar-refractivity contribution is -0.491. The Bertz CT molecular complexity index is 2770. The van der Waals surface area contributed by atoms with Crippen molar-refractivity contribution in [1.29, 1.82) is 0 Å². The predicted molar refractivity (Wildman–Crippen MR) is 330 cm³/mol. The van der Waals surface area contributed by atoms with Gasteiger partial charge in [-0.15, -0.1) is 0 Å². The van der Waals surface area contributed by atoms with E-state index in [1.54, 1.807) is 18.2 Å². The van der Waals surface area contributed by atoms with Crippen molar-refractivity contribution in [1.82, 2.24) is 0 Å². The van der Waals surface area contributed by atoms with Gasteiger partial charge in [0.25, 0.3) is 0 Å². The van der Waals surface area contributed by atoms with Crippen LogP contribution in [0.2, 0.25) is 0 Å². The van der Waals surface area contributed by atoms with Gasteiger partial charge in [-0.2, -0.15) is 24.4 Å². The summed E-state index contributed by atoms with van der Waals surface area (Å²) in [6.07, 6.45) is 14.5. The summed E-state index contributed by atoms with van der Waals surface area (Å²) in [5.41, 5.74) is 11.7. The average molecular weight is 1330 g/mol. The standard InChI is InChI=1S/C66H84O28/c1-7-29-81-82-47-39-77-38-46-80-66-55(26-33-73-42-50-87-93-85-30-8-2)16-15-54(65(66)79-45-37-76-36-44-78-60(67)10-4)18-24-64(71)90-57-21-19-56(20-22-57)89-63(70)23-17-52-13-14-53(25-32-72-40-48-83-91-61(68)11-5)59(28-35-74-41-49-84-92-62(69)12-6)58(52)27-34-75-43-51-88-94-86-31-9-3/h10-18,23-24,29-31,56-57H,1-6,19-22,25-28,32-51H2. The zero-order valence-corrected chi connectivity index (χ0v) is 52.7. The molecule has 0 unspecified atom stereocenters. The van der Waals surface area contributed by atoms with Crippen molar-refractivity contribution in [2.75, 3.05) is 132 Å². The van der Waals surface area contributed by atoms with E-state index in [4.69, 9.17) is 81.4 Å². The fraction of sp³-hybridized carbons (Fsp3) is 0.455. The van der Waals surface area contributed by atoms with Crippen LogP contribution < -0.4 is 9.47 Å². The lowest BCUT2D eigenvalue weighted by Gasteiger charge is -2.27. The predicted octanol–water partition coefficient (Wildman–Crippen LogP) is 7.49. The molecule has 1 aliphatic carbocycles. The van der Waals surface area contributed by atoms with Crippen LogP contribution in [-0.4, -0.2) is 174 Å². The topological polar surface area (TPSA) is 298 Å². The summed E-state index contributed by atoms with van der Waals surface area (Å²) >= 11 is 0. The third-order valence-corrected chi connectivity index (χ3v) is 12.2. The Balaban J connectivity index is 1.77. The summed E-state index contributed by atoms with van der Waals surface area (Å²) in [6, 6.07) is 7.37. The highest BCUT2D eigenvalue weighted by molar-refractivity contribution is 5.89. The molecule has 0 aromatic heterocycles. The van der Waals surface area contributed by atoms with E-state index in [0.717, 1.165) is 53.7 Å². The molecule has 0 saturated heterocycles. The van der Waals surface area contributed by atoms with E-state index >= 15 is 0 Å². The summed E-state index contributed by atoms with van der Waals surface area (Å²) in [5.74, 6) is -2.62. The smallest absolute Gasteiger partial charge is 0.365 e. The monoisotopic (exact) mass is 1320 g/mol. The van der Waals surface area contributed by atoms with Gasteiger partial charge in [0.15, 0.2) is 30.3 Å². The minimum Gasteiger partial charge on any atom is -0.487 e. The molecule has 0 atom stereocenters. The summed E-state index contributed by atoms with van der Waals surface area (Å²) in [4.78, 5) is 109. The molecule has 0 heterocycles. The van der Waals surface area contributed by atoms with Crippen LogP contribution in [0.4, 0.5) is 0 Å². The lowest BCUT2D eigenvalue weighted by atomic mass is 9.90. The van der Waals surface area contributed by atoms with Crippen LogP contribution >= 0.6 is 0 Å². The van der Waals surface area contributed by atoms with E-state index in [1.165, 1.54) is 12.2 Å². The van der Waals surface area contributed by atoms with Crippen molar-refractivity contribution >= 4 is 42.0 Å². The van der Waals surface area contributed by atoms with Crippen molar-refractivity contribution in [2.24, 2.45) is 0 Å². The van der Waals surface area contributed by atoms with Gasteiger partial charge >= 0.3 is 29.8 Å². The molecule has 2 aromatic rings. The molecule has 0 aliphatic heterocycles. The van der Waals surface area contributed by atoms with Crippen LogP contribution in [0.15, 0.2) is 130 Å². The first kappa shape index (κ1) is 79.8. The van der Waals surface area contributed by atoms with Gasteiger partial charge in [0.2, 0.25) is 0 Å². The largest absolute Gasteiger partial charge is 0.487 e. The minimum absolute atomic E-state index is 0.00322. The first-order valence-corrected chi connectivity index (χ1v) is 29.8. The van der Waals surface area contributed by atoms with E-state index < -0.39 is 42.1 Å². The van der Waals surface area contributed by atoms with E-state index in [9.17, 15) is 24.0 Å². The summed E-state index contributed by atoms with van der Waals surface area (Å²) < 4.78 is 63.9. The minimum atomic E-state index is -0.743. The highest BCUT2D eigenvalue weighted by Gasteiger charge is 2.26. The maximum Gasteiger partial charge on any atom is 0.365 e. The van der Waals surface area contributed by atoms with Crippen LogP contribution in [0.25, 0.3) is 12.2 Å². The molecule has 0 N–H and O–H groups in total. The van der Waals surface area contributed by atoms with E-state index in [2.05, 4.69) is 86.3 Å². The SMILES string of the molecule is C=C=COOCCOCCOc1c(CCOCCOOOC=C=C)ccc(C=CC(=O)OC2CCC(OC(=O)C=Cc3ccc(CCOCCOOC(=O)C=C)c(CCOCCOOC(=O)C=C)c3CCOCCOOOC=C=C)CC2)c1OCCOCCOC(=O)C=C. The van der Waals surface area contributed by atoms with Crippen molar-refractivity contribution in [2.45, 2.75) is 63.6 Å². The number of carbonyl (C=O) groups is 5. The number of esters is 3. The first-order chi connectivity index (χ1) is 46.1. The highest BCUT2D eigenvalue weighted by atomic mass is 17.5. The van der Waals surface area contributed by atoms with Gasteiger partial charge in [-0.3, -0.25) is 9.78 Å². The number of hydrogen-bond acceptors (Lipinski definition) is 28. The molecule has 28 heteroatoms. The highest BCUT2D eigenvalue weighted by Crippen LogP contribution is 2.37. The Kier molecular flexibility index (Phi) is 45.8. The van der Waals surface area contributed by atoms with Gasteiger partial charge < -0.3 is 66.8 Å². The molecule has 1 aliphatic rings. The fourth-order valence-electron chi connectivity index (χ4n) is 8.07. The van der Waals surface area contributed by atoms with Crippen molar-refractivity contribution in [3.63, 3.8) is 0 Å². The van der Waals surface area contributed by atoms with Crippen LogP contribution in [0.5, 0.6) is 11.5 Å². The van der Waals surface area contributed by atoms with Gasteiger partial charge in [0.1, 0.15) is 65.1 Å². The molecule has 0 amide bonds. The molecule has 3 rings (SSSR count). The third kappa shape index (κ3) is 37.9. The zero-order chi connectivity index (χ0) is 67.7. The average Bonchev–Trinajstić information content (AvgIpc) is 0.901. The van der Waals surface area contributed by atoms with Crippen LogP contribution in [0, 0.1) is 0 Å². The van der Waals surface area contributed by atoms with Crippen molar-refractivity contribution in [3.05, 3.63) is 163 Å². The normalized spacial score (nSPS) is 13.3. The van der Waals surface area contributed by atoms with Crippen LogP contribution in [-0.2, 0) is 151 Å². The molecule has 0 bridgehead atoms. The number of ether oxygens (including phenoxy) is 11. The van der Waals surface area contributed by atoms with Gasteiger partial charge in [0, 0.05) is 41.5 Å². The molecule has 0 radical (unpaired) electrons. The number of carbonyl (C=O) groups excluding carboxylic acids is 5. The quantitative estimate of drug-likeness (QED) is 0.00905. The van der Waals surface area contributed by atoms with Crippen LogP contribution in [0.3, 0.4) is 0 Å².